The number of aliphatic hydroxyl groups excluding tert-OH is 1. The van der Waals surface area contributed by atoms with E-state index >= 15 is 0 Å². The normalized spacial score (nSPS) is 22.4. The van der Waals surface area contributed by atoms with Crippen molar-refractivity contribution in [2.75, 3.05) is 19.7 Å². The van der Waals surface area contributed by atoms with Gasteiger partial charge in [0.1, 0.15) is 0 Å². The summed E-state index contributed by atoms with van der Waals surface area (Å²) in [4.78, 5) is 2.30. The third-order valence-corrected chi connectivity index (χ3v) is 3.62. The highest BCUT2D eigenvalue weighted by atomic mass is 16.5. The van der Waals surface area contributed by atoms with Gasteiger partial charge in [0.05, 0.1) is 29.9 Å². The Morgan fingerprint density at radius 2 is 2.25 bits per heavy atom. The number of ether oxygens (including phenoxy) is 1. The van der Waals surface area contributed by atoms with Gasteiger partial charge in [-0.3, -0.25) is 4.90 Å². The Morgan fingerprint density at radius 1 is 1.50 bits per heavy atom. The molecule has 1 aliphatic heterocycles. The number of rotatable bonds is 3. The van der Waals surface area contributed by atoms with Crippen LogP contribution in [0.3, 0.4) is 0 Å². The first-order valence-corrected chi connectivity index (χ1v) is 6.94. The van der Waals surface area contributed by atoms with Crippen molar-refractivity contribution in [2.45, 2.75) is 39.0 Å². The average molecular weight is 274 g/mol. The minimum Gasteiger partial charge on any atom is -0.394 e. The molecular weight excluding hydrogens is 252 g/mol. The molecule has 108 valence electrons. The largest absolute Gasteiger partial charge is 0.394 e. The minimum absolute atomic E-state index is 0.0479. The number of benzene rings is 1. The summed E-state index contributed by atoms with van der Waals surface area (Å²) in [6.07, 6.45) is -0.127. The molecule has 4 nitrogen and oxygen atoms in total. The third kappa shape index (κ3) is 3.57. The molecule has 1 unspecified atom stereocenters. The highest BCUT2D eigenvalue weighted by molar-refractivity contribution is 5.37. The quantitative estimate of drug-likeness (QED) is 0.913. The van der Waals surface area contributed by atoms with Crippen molar-refractivity contribution in [2.24, 2.45) is 0 Å². The van der Waals surface area contributed by atoms with Crippen LogP contribution in [0.25, 0.3) is 0 Å². The molecule has 20 heavy (non-hydrogen) atoms. The second-order valence-corrected chi connectivity index (χ2v) is 6.10. The summed E-state index contributed by atoms with van der Waals surface area (Å²) in [5.74, 6) is 0. The van der Waals surface area contributed by atoms with Crippen LogP contribution in [0.15, 0.2) is 18.2 Å². The van der Waals surface area contributed by atoms with Gasteiger partial charge in [0.15, 0.2) is 0 Å². The molecule has 1 fully saturated rings. The third-order valence-electron chi connectivity index (χ3n) is 3.62. The second kappa shape index (κ2) is 5.92. The molecule has 0 spiro atoms. The highest BCUT2D eigenvalue weighted by Crippen LogP contribution is 2.23. The topological polar surface area (TPSA) is 56.5 Å². The van der Waals surface area contributed by atoms with Gasteiger partial charge in [-0.2, -0.15) is 5.26 Å². The molecule has 0 aliphatic carbocycles. The van der Waals surface area contributed by atoms with E-state index in [1.807, 2.05) is 39.0 Å². The highest BCUT2D eigenvalue weighted by Gasteiger charge is 2.32. The first kappa shape index (κ1) is 15.0. The minimum atomic E-state index is -0.244. The fourth-order valence-electron chi connectivity index (χ4n) is 2.82. The van der Waals surface area contributed by atoms with Crippen LogP contribution in [0.4, 0.5) is 0 Å². The van der Waals surface area contributed by atoms with Crippen molar-refractivity contribution in [3.63, 3.8) is 0 Å². The van der Waals surface area contributed by atoms with E-state index in [9.17, 15) is 5.11 Å². The Bertz CT molecular complexity index is 520. The Balaban J connectivity index is 2.11. The number of nitriles is 1. The molecule has 1 atom stereocenters. The maximum atomic E-state index is 9.34. The smallest absolute Gasteiger partial charge is 0.0991 e. The number of hydrogen-bond donors (Lipinski definition) is 1. The second-order valence-electron chi connectivity index (χ2n) is 6.10. The summed E-state index contributed by atoms with van der Waals surface area (Å²) >= 11 is 0. The zero-order valence-electron chi connectivity index (χ0n) is 12.4. The zero-order chi connectivity index (χ0) is 14.8. The summed E-state index contributed by atoms with van der Waals surface area (Å²) in [6.45, 7) is 8.57. The van der Waals surface area contributed by atoms with Crippen LogP contribution >= 0.6 is 0 Å². The Labute approximate surface area is 120 Å². The van der Waals surface area contributed by atoms with Crippen molar-refractivity contribution in [1.29, 1.82) is 5.26 Å². The maximum Gasteiger partial charge on any atom is 0.0991 e. The van der Waals surface area contributed by atoms with Gasteiger partial charge >= 0.3 is 0 Å². The van der Waals surface area contributed by atoms with E-state index in [0.717, 1.165) is 25.2 Å². The van der Waals surface area contributed by atoms with E-state index in [1.54, 1.807) is 0 Å². The van der Waals surface area contributed by atoms with Crippen LogP contribution in [-0.4, -0.2) is 41.4 Å². The molecular formula is C16H22N2O2. The van der Waals surface area contributed by atoms with E-state index in [4.69, 9.17) is 10.00 Å². The number of hydrogen-bond acceptors (Lipinski definition) is 4. The van der Waals surface area contributed by atoms with Crippen molar-refractivity contribution >= 4 is 0 Å². The Morgan fingerprint density at radius 3 is 2.85 bits per heavy atom. The molecule has 4 heteroatoms. The molecule has 0 aromatic heterocycles. The SMILES string of the molecule is Cc1cc(C#N)ccc1CN1CC(CO)OC(C)(C)C1. The van der Waals surface area contributed by atoms with E-state index in [1.165, 1.54) is 5.56 Å². The predicted molar refractivity (Wildman–Crippen MR) is 77.2 cm³/mol. The standard InChI is InChI=1S/C16H22N2O2/c1-12-6-13(7-17)4-5-14(12)8-18-9-15(10-19)20-16(2,3)11-18/h4-6,15,19H,8-11H2,1-3H3. The van der Waals surface area contributed by atoms with Gasteiger partial charge in [-0.25, -0.2) is 0 Å². The molecule has 0 bridgehead atoms. The molecule has 0 amide bonds. The maximum absolute atomic E-state index is 9.34. The van der Waals surface area contributed by atoms with Gasteiger partial charge in [-0.15, -0.1) is 0 Å². The first-order valence-electron chi connectivity index (χ1n) is 6.94. The zero-order valence-corrected chi connectivity index (χ0v) is 12.4. The van der Waals surface area contributed by atoms with E-state index in [-0.39, 0.29) is 18.3 Å². The van der Waals surface area contributed by atoms with Crippen LogP contribution in [0.5, 0.6) is 0 Å². The number of nitrogens with zero attached hydrogens (tertiary/aromatic N) is 2. The molecule has 1 saturated heterocycles. The summed E-state index contributed by atoms with van der Waals surface area (Å²) in [6, 6.07) is 7.96. The lowest BCUT2D eigenvalue weighted by atomic mass is 10.0. The summed E-state index contributed by atoms with van der Waals surface area (Å²) in [5.41, 5.74) is 2.81. The number of aliphatic hydroxyl groups is 1. The van der Waals surface area contributed by atoms with Crippen LogP contribution < -0.4 is 0 Å². The average Bonchev–Trinajstić information content (AvgIpc) is 2.39. The summed E-state index contributed by atoms with van der Waals surface area (Å²) in [7, 11) is 0. The van der Waals surface area contributed by atoms with Crippen molar-refractivity contribution in [3.05, 3.63) is 34.9 Å². The van der Waals surface area contributed by atoms with Crippen LogP contribution in [0.2, 0.25) is 0 Å². The lowest BCUT2D eigenvalue weighted by molar-refractivity contribution is -0.150. The van der Waals surface area contributed by atoms with Gasteiger partial charge in [0.2, 0.25) is 0 Å². The molecule has 1 aliphatic rings. The molecule has 0 saturated carbocycles. The van der Waals surface area contributed by atoms with E-state index in [0.29, 0.717) is 5.56 Å². The molecule has 1 aromatic carbocycles. The Kier molecular flexibility index (Phi) is 4.44. The van der Waals surface area contributed by atoms with Crippen molar-refractivity contribution < 1.29 is 9.84 Å². The lowest BCUT2D eigenvalue weighted by Crippen LogP contribution is -2.53. The number of morpholine rings is 1. The summed E-state index contributed by atoms with van der Waals surface area (Å²) < 4.78 is 5.82. The first-order chi connectivity index (χ1) is 9.43. The van der Waals surface area contributed by atoms with Crippen molar-refractivity contribution in [1.82, 2.24) is 4.90 Å². The van der Waals surface area contributed by atoms with Crippen LogP contribution in [0.1, 0.15) is 30.5 Å². The van der Waals surface area contributed by atoms with Crippen molar-refractivity contribution in [3.8, 4) is 6.07 Å². The van der Waals surface area contributed by atoms with Gasteiger partial charge in [0, 0.05) is 19.6 Å². The molecule has 2 rings (SSSR count). The van der Waals surface area contributed by atoms with E-state index in [2.05, 4.69) is 11.0 Å². The molecule has 0 radical (unpaired) electrons. The predicted octanol–water partition coefficient (Wildman–Crippen LogP) is 1.84. The monoisotopic (exact) mass is 274 g/mol. The molecule has 1 N–H and O–H groups in total. The Hall–Kier alpha value is -1.41. The molecule has 1 aromatic rings. The lowest BCUT2D eigenvalue weighted by Gasteiger charge is -2.42. The van der Waals surface area contributed by atoms with Gasteiger partial charge in [-0.05, 0) is 44.0 Å². The van der Waals surface area contributed by atoms with Gasteiger partial charge < -0.3 is 9.84 Å². The van der Waals surface area contributed by atoms with Gasteiger partial charge in [-0.1, -0.05) is 6.07 Å². The fourth-order valence-corrected chi connectivity index (χ4v) is 2.82. The van der Waals surface area contributed by atoms with Crippen LogP contribution in [-0.2, 0) is 11.3 Å². The fraction of sp³-hybridized carbons (Fsp3) is 0.562. The number of aryl methyl sites for hydroxylation is 1. The molecule has 1 heterocycles. The van der Waals surface area contributed by atoms with Gasteiger partial charge in [0.25, 0.3) is 0 Å². The van der Waals surface area contributed by atoms with Crippen LogP contribution in [0, 0.1) is 18.3 Å². The summed E-state index contributed by atoms with van der Waals surface area (Å²) in [5, 5.41) is 18.2. The van der Waals surface area contributed by atoms with E-state index < -0.39 is 0 Å².